The van der Waals surface area contributed by atoms with Gasteiger partial charge in [0.2, 0.25) is 0 Å². The average molecular weight is 140 g/mol. The maximum absolute atomic E-state index is 11.4. The van der Waals surface area contributed by atoms with Crippen LogP contribution in [0.1, 0.15) is 0 Å². The van der Waals surface area contributed by atoms with E-state index in [1.54, 1.807) is 0 Å². The van der Waals surface area contributed by atoms with E-state index in [9.17, 15) is 13.6 Å². The molecule has 2 amide bonds. The maximum Gasteiger partial charge on any atom is 0.320 e. The largest absolute Gasteiger partial charge is 0.376 e. The molecule has 0 heterocycles. The Morgan fingerprint density at radius 3 is 2.22 bits per heavy atom. The van der Waals surface area contributed by atoms with Crippen molar-refractivity contribution >= 4 is 6.03 Å². The van der Waals surface area contributed by atoms with E-state index in [1.807, 2.05) is 0 Å². The van der Waals surface area contributed by atoms with E-state index in [2.05, 4.69) is 5.73 Å². The molecule has 0 aromatic carbocycles. The molecule has 0 rings (SSSR count). The van der Waals surface area contributed by atoms with Gasteiger partial charge in [0.15, 0.2) is 0 Å². The van der Waals surface area contributed by atoms with Gasteiger partial charge in [-0.15, -0.1) is 0 Å². The van der Waals surface area contributed by atoms with Crippen LogP contribution < -0.4 is 5.73 Å². The number of rotatable bonds is 2. The van der Waals surface area contributed by atoms with Gasteiger partial charge < -0.3 is 10.8 Å². The fraction of sp³-hybridized carbons (Fsp3) is 0.667. The van der Waals surface area contributed by atoms with Crippen LogP contribution in [0, 0.1) is 0 Å². The predicted molar refractivity (Wildman–Crippen MR) is 24.5 cm³/mol. The van der Waals surface area contributed by atoms with Gasteiger partial charge in [0.05, 0.1) is 0 Å². The van der Waals surface area contributed by atoms with Gasteiger partial charge in [-0.05, 0) is 0 Å². The summed E-state index contributed by atoms with van der Waals surface area (Å²) in [5.74, 6) is 0. The molecule has 0 saturated carbocycles. The summed E-state index contributed by atoms with van der Waals surface area (Å²) in [6.45, 7) is -4.10. The molecular weight excluding hydrogens is 134 g/mol. The van der Waals surface area contributed by atoms with Gasteiger partial charge in [0, 0.05) is 0 Å². The zero-order chi connectivity index (χ0) is 7.44. The lowest BCUT2D eigenvalue weighted by atomic mass is 10.8. The fourth-order valence-corrected chi connectivity index (χ4v) is 0.228. The summed E-state index contributed by atoms with van der Waals surface area (Å²) in [5, 5.41) is 8.01. The average Bonchev–Trinajstić information content (AvgIpc) is 1.64. The second-order valence-electron chi connectivity index (χ2n) is 1.23. The first-order chi connectivity index (χ1) is 4.09. The summed E-state index contributed by atoms with van der Waals surface area (Å²) in [7, 11) is 0. The number of aliphatic hydroxyl groups is 1. The van der Waals surface area contributed by atoms with Crippen molar-refractivity contribution in [1.29, 1.82) is 0 Å². The first-order valence-corrected chi connectivity index (χ1v) is 2.04. The van der Waals surface area contributed by atoms with Crippen molar-refractivity contribution in [1.82, 2.24) is 4.90 Å². The van der Waals surface area contributed by atoms with Crippen LogP contribution in [-0.4, -0.2) is 29.3 Å². The minimum atomic E-state index is -3.03. The first-order valence-electron chi connectivity index (χ1n) is 2.04. The third-order valence-electron chi connectivity index (χ3n) is 0.671. The molecule has 0 bridgehead atoms. The molecule has 0 spiro atoms. The number of urea groups is 1. The highest BCUT2D eigenvalue weighted by Gasteiger charge is 2.17. The quantitative estimate of drug-likeness (QED) is 0.402. The topological polar surface area (TPSA) is 66.6 Å². The van der Waals surface area contributed by atoms with E-state index >= 15 is 0 Å². The number of primary amides is 1. The van der Waals surface area contributed by atoms with Crippen LogP contribution >= 0.6 is 0 Å². The van der Waals surface area contributed by atoms with E-state index in [4.69, 9.17) is 5.11 Å². The molecular formula is C3H6F2N2O2. The number of carbonyl (C=O) groups excluding carboxylic acids is 1. The number of nitrogens with two attached hydrogens (primary N) is 1. The lowest BCUT2D eigenvalue weighted by molar-refractivity contribution is -0.0370. The van der Waals surface area contributed by atoms with E-state index in [0.717, 1.165) is 0 Å². The predicted octanol–water partition coefficient (Wildman–Crippen LogP) is -0.460. The fourth-order valence-electron chi connectivity index (χ4n) is 0.228. The van der Waals surface area contributed by atoms with Crippen LogP contribution in [0.15, 0.2) is 0 Å². The minimum absolute atomic E-state index is 0.181. The number of amides is 2. The summed E-state index contributed by atoms with van der Waals surface area (Å²) in [6.07, 6.45) is 0. The molecule has 0 aliphatic carbocycles. The third-order valence-corrected chi connectivity index (χ3v) is 0.671. The van der Waals surface area contributed by atoms with Crippen LogP contribution in [0.2, 0.25) is 0 Å². The van der Waals surface area contributed by atoms with Crippen LogP contribution in [0.25, 0.3) is 0 Å². The Balaban J connectivity index is 3.83. The van der Waals surface area contributed by atoms with Gasteiger partial charge in [0.25, 0.3) is 0 Å². The number of nitrogens with zero attached hydrogens (tertiary/aromatic N) is 1. The molecule has 0 aromatic rings. The molecule has 0 saturated heterocycles. The van der Waals surface area contributed by atoms with Crippen molar-refractivity contribution in [2.24, 2.45) is 5.73 Å². The molecule has 0 fully saturated rings. The molecule has 3 N–H and O–H groups in total. The van der Waals surface area contributed by atoms with Gasteiger partial charge in [-0.1, -0.05) is 0 Å². The zero-order valence-corrected chi connectivity index (χ0v) is 4.42. The number of alkyl halides is 2. The molecule has 6 heteroatoms. The van der Waals surface area contributed by atoms with E-state index in [0.29, 0.717) is 0 Å². The highest BCUT2D eigenvalue weighted by molar-refractivity contribution is 5.71. The van der Waals surface area contributed by atoms with Gasteiger partial charge >= 0.3 is 12.6 Å². The van der Waals surface area contributed by atoms with Gasteiger partial charge in [-0.2, -0.15) is 8.78 Å². The van der Waals surface area contributed by atoms with Crippen molar-refractivity contribution in [2.75, 3.05) is 6.73 Å². The van der Waals surface area contributed by atoms with Crippen LogP contribution in [-0.2, 0) is 0 Å². The number of aliphatic hydroxyl groups excluding tert-OH is 1. The molecule has 0 unspecified atom stereocenters. The summed E-state index contributed by atoms with van der Waals surface area (Å²) in [5.41, 5.74) is 4.40. The Bertz CT molecular complexity index is 108. The van der Waals surface area contributed by atoms with Crippen LogP contribution in [0.5, 0.6) is 0 Å². The minimum Gasteiger partial charge on any atom is -0.376 e. The smallest absolute Gasteiger partial charge is 0.320 e. The lowest BCUT2D eigenvalue weighted by Crippen LogP contribution is -2.40. The molecule has 4 nitrogen and oxygen atoms in total. The summed E-state index contributed by atoms with van der Waals surface area (Å²) in [6, 6.07) is -1.34. The van der Waals surface area contributed by atoms with Gasteiger partial charge in [0.1, 0.15) is 6.73 Å². The lowest BCUT2D eigenvalue weighted by Gasteiger charge is -2.14. The molecule has 54 valence electrons. The van der Waals surface area contributed by atoms with Crippen molar-refractivity contribution in [3.8, 4) is 0 Å². The summed E-state index contributed by atoms with van der Waals surface area (Å²) >= 11 is 0. The Labute approximate surface area is 49.9 Å². The number of halogens is 2. The standard InChI is InChI=1S/C3H6F2N2O2/c4-2(5)7(1-8)3(6)9/h2,8H,1H2,(H2,6,9). The number of carbonyl (C=O) groups is 1. The van der Waals surface area contributed by atoms with Crippen LogP contribution in [0.3, 0.4) is 0 Å². The molecule has 0 aromatic heterocycles. The normalized spacial score (nSPS) is 9.78. The van der Waals surface area contributed by atoms with E-state index in [1.165, 1.54) is 0 Å². The molecule has 0 radical (unpaired) electrons. The van der Waals surface area contributed by atoms with Gasteiger partial charge in [-0.3, -0.25) is 0 Å². The second kappa shape index (κ2) is 3.18. The molecule has 0 aliphatic heterocycles. The first kappa shape index (κ1) is 8.09. The molecule has 0 aliphatic rings. The van der Waals surface area contributed by atoms with Crippen molar-refractivity contribution < 1.29 is 18.7 Å². The summed E-state index contributed by atoms with van der Waals surface area (Å²) in [4.78, 5) is 9.70. The van der Waals surface area contributed by atoms with Crippen LogP contribution in [0.4, 0.5) is 13.6 Å². The second-order valence-corrected chi connectivity index (χ2v) is 1.23. The van der Waals surface area contributed by atoms with E-state index in [-0.39, 0.29) is 4.90 Å². The van der Waals surface area contributed by atoms with Crippen molar-refractivity contribution in [2.45, 2.75) is 6.55 Å². The number of hydrogen-bond acceptors (Lipinski definition) is 2. The SMILES string of the molecule is NC(=O)N(CO)C(F)F. The highest BCUT2D eigenvalue weighted by atomic mass is 19.3. The molecule has 9 heavy (non-hydrogen) atoms. The van der Waals surface area contributed by atoms with Crippen molar-refractivity contribution in [3.63, 3.8) is 0 Å². The summed E-state index contributed by atoms with van der Waals surface area (Å²) < 4.78 is 22.8. The monoisotopic (exact) mass is 140 g/mol. The van der Waals surface area contributed by atoms with E-state index < -0.39 is 19.3 Å². The van der Waals surface area contributed by atoms with Gasteiger partial charge in [-0.25, -0.2) is 9.69 Å². The zero-order valence-electron chi connectivity index (χ0n) is 4.42. The molecule has 0 atom stereocenters. The Morgan fingerprint density at radius 2 is 2.22 bits per heavy atom. The Kier molecular flexibility index (Phi) is 2.86. The third kappa shape index (κ3) is 2.22. The Morgan fingerprint density at radius 1 is 1.78 bits per heavy atom. The number of hydrogen-bond donors (Lipinski definition) is 2. The highest BCUT2D eigenvalue weighted by Crippen LogP contribution is 1.99. The maximum atomic E-state index is 11.4. The van der Waals surface area contributed by atoms with Crippen molar-refractivity contribution in [3.05, 3.63) is 0 Å². The Hall–Kier alpha value is -0.910.